The number of likely N-dealkylation sites (N-methyl/N-ethyl adjacent to an activating group) is 1. The minimum Gasteiger partial charge on any atom is -0.339 e. The number of amidine groups is 1. The number of thioether (sulfide) groups is 1. The molecular formula is C29H39N5O3S. The van der Waals surface area contributed by atoms with Crippen LogP contribution in [0.3, 0.4) is 0 Å². The quantitative estimate of drug-likeness (QED) is 0.517. The van der Waals surface area contributed by atoms with E-state index in [1.807, 2.05) is 36.0 Å². The minimum atomic E-state index is -0.361. The SMILES string of the molecule is CCN(CC)C(=O)C1=C(C)N=C2SC=C(CC(=O)N3CCN(C(C)=O)CC3)N2C1c1ccc(C(C)C)cc1. The van der Waals surface area contributed by atoms with Gasteiger partial charge in [0, 0.05) is 51.9 Å². The molecular weight excluding hydrogens is 498 g/mol. The summed E-state index contributed by atoms with van der Waals surface area (Å²) in [5.74, 6) is 0.454. The molecule has 1 atom stereocenters. The van der Waals surface area contributed by atoms with Gasteiger partial charge in [0.05, 0.1) is 23.7 Å². The van der Waals surface area contributed by atoms with Gasteiger partial charge in [-0.05, 0) is 43.2 Å². The van der Waals surface area contributed by atoms with Gasteiger partial charge in [0.1, 0.15) is 0 Å². The Bertz CT molecular complexity index is 1180. The van der Waals surface area contributed by atoms with Crippen LogP contribution in [-0.2, 0) is 14.4 Å². The topological polar surface area (TPSA) is 76.5 Å². The Morgan fingerprint density at radius 3 is 2.18 bits per heavy atom. The van der Waals surface area contributed by atoms with Crippen molar-refractivity contribution in [3.63, 3.8) is 0 Å². The number of aliphatic imine (C=N–C) groups is 1. The first-order valence-electron chi connectivity index (χ1n) is 13.5. The molecule has 3 aliphatic heterocycles. The van der Waals surface area contributed by atoms with Gasteiger partial charge in [-0.2, -0.15) is 0 Å². The minimum absolute atomic E-state index is 0.0174. The molecule has 8 nitrogen and oxygen atoms in total. The lowest BCUT2D eigenvalue weighted by Crippen LogP contribution is -2.50. The maximum absolute atomic E-state index is 13.8. The molecule has 1 saturated heterocycles. The number of carbonyl (C=O) groups excluding carboxylic acids is 3. The maximum atomic E-state index is 13.8. The second-order valence-corrected chi connectivity index (χ2v) is 11.1. The van der Waals surface area contributed by atoms with Gasteiger partial charge < -0.3 is 19.6 Å². The van der Waals surface area contributed by atoms with Crippen LogP contribution in [0.2, 0.25) is 0 Å². The molecule has 1 unspecified atom stereocenters. The normalized spacial score (nSPS) is 19.4. The number of benzene rings is 1. The molecule has 3 amide bonds. The molecule has 0 spiro atoms. The van der Waals surface area contributed by atoms with E-state index >= 15 is 0 Å². The van der Waals surface area contributed by atoms with Crippen LogP contribution in [0.5, 0.6) is 0 Å². The van der Waals surface area contributed by atoms with Crippen molar-refractivity contribution in [1.82, 2.24) is 19.6 Å². The second kappa shape index (κ2) is 11.8. The zero-order valence-corrected chi connectivity index (χ0v) is 24.2. The molecule has 0 aliphatic carbocycles. The van der Waals surface area contributed by atoms with Gasteiger partial charge in [0.25, 0.3) is 5.91 Å². The van der Waals surface area contributed by atoms with Gasteiger partial charge in [-0.15, -0.1) is 0 Å². The number of nitrogens with zero attached hydrogens (tertiary/aromatic N) is 5. The van der Waals surface area contributed by atoms with Crippen molar-refractivity contribution in [2.45, 2.75) is 59.9 Å². The van der Waals surface area contributed by atoms with Gasteiger partial charge in [0.2, 0.25) is 11.8 Å². The lowest BCUT2D eigenvalue weighted by atomic mass is 9.91. The van der Waals surface area contributed by atoms with Crippen molar-refractivity contribution < 1.29 is 14.4 Å². The van der Waals surface area contributed by atoms with Crippen molar-refractivity contribution in [3.8, 4) is 0 Å². The van der Waals surface area contributed by atoms with Gasteiger partial charge in [-0.25, -0.2) is 4.99 Å². The van der Waals surface area contributed by atoms with Gasteiger partial charge in [-0.3, -0.25) is 14.4 Å². The molecule has 0 saturated carbocycles. The first kappa shape index (κ1) is 28.0. The molecule has 0 radical (unpaired) electrons. The molecule has 38 heavy (non-hydrogen) atoms. The van der Waals surface area contributed by atoms with Crippen LogP contribution in [0, 0.1) is 0 Å². The zero-order valence-electron chi connectivity index (χ0n) is 23.4. The van der Waals surface area contributed by atoms with Crippen molar-refractivity contribution in [1.29, 1.82) is 0 Å². The number of hydrogen-bond acceptors (Lipinski definition) is 6. The van der Waals surface area contributed by atoms with Crippen molar-refractivity contribution in [2.75, 3.05) is 39.3 Å². The molecule has 1 aromatic rings. The second-order valence-electron chi connectivity index (χ2n) is 10.3. The van der Waals surface area contributed by atoms with Crippen molar-refractivity contribution in [2.24, 2.45) is 4.99 Å². The molecule has 0 N–H and O–H groups in total. The lowest BCUT2D eigenvalue weighted by molar-refractivity contribution is -0.138. The highest BCUT2D eigenvalue weighted by Gasteiger charge is 2.41. The summed E-state index contributed by atoms with van der Waals surface area (Å²) in [7, 11) is 0. The fourth-order valence-electron chi connectivity index (χ4n) is 5.24. The maximum Gasteiger partial charge on any atom is 0.254 e. The third kappa shape index (κ3) is 5.53. The summed E-state index contributed by atoms with van der Waals surface area (Å²) in [6.07, 6.45) is 0.221. The van der Waals surface area contributed by atoms with Crippen LogP contribution in [0.25, 0.3) is 0 Å². The average molecular weight is 538 g/mol. The van der Waals surface area contributed by atoms with Gasteiger partial charge in [0.15, 0.2) is 5.17 Å². The van der Waals surface area contributed by atoms with Crippen LogP contribution < -0.4 is 0 Å². The summed E-state index contributed by atoms with van der Waals surface area (Å²) in [4.78, 5) is 51.3. The first-order chi connectivity index (χ1) is 18.2. The largest absolute Gasteiger partial charge is 0.339 e. The highest BCUT2D eigenvalue weighted by molar-refractivity contribution is 8.16. The zero-order chi connectivity index (χ0) is 27.6. The van der Waals surface area contributed by atoms with Crippen LogP contribution in [-0.4, -0.2) is 81.8 Å². The van der Waals surface area contributed by atoms with Crippen molar-refractivity contribution in [3.05, 3.63) is 57.8 Å². The fraction of sp³-hybridized carbons (Fsp3) is 0.517. The van der Waals surface area contributed by atoms with Gasteiger partial charge in [-0.1, -0.05) is 49.9 Å². The monoisotopic (exact) mass is 537 g/mol. The lowest BCUT2D eigenvalue weighted by Gasteiger charge is -2.39. The van der Waals surface area contributed by atoms with E-state index in [1.165, 1.54) is 17.3 Å². The predicted octanol–water partition coefficient (Wildman–Crippen LogP) is 4.33. The molecule has 1 fully saturated rings. The standard InChI is InChI=1S/C29H39N5O3S/c1-7-31(8-2)28(37)26-20(5)30-29-34(27(26)23-11-9-22(10-12-23)19(3)4)24(18-38-29)17-25(36)33-15-13-32(14-16-33)21(6)35/h9-12,18-19,27H,7-8,13-17H2,1-6H3. The Hall–Kier alpha value is -3.07. The van der Waals surface area contributed by atoms with E-state index in [0.29, 0.717) is 50.8 Å². The van der Waals surface area contributed by atoms with E-state index in [-0.39, 0.29) is 30.2 Å². The smallest absolute Gasteiger partial charge is 0.254 e. The number of allylic oxidation sites excluding steroid dienone is 1. The summed E-state index contributed by atoms with van der Waals surface area (Å²) < 4.78 is 0. The predicted molar refractivity (Wildman–Crippen MR) is 152 cm³/mol. The van der Waals surface area contributed by atoms with Crippen LogP contribution in [0.4, 0.5) is 0 Å². The van der Waals surface area contributed by atoms with E-state index in [0.717, 1.165) is 22.1 Å². The number of carbonyl (C=O) groups is 3. The first-order valence-corrected chi connectivity index (χ1v) is 14.4. The van der Waals surface area contributed by atoms with Crippen molar-refractivity contribution >= 4 is 34.7 Å². The molecule has 3 heterocycles. The molecule has 1 aromatic carbocycles. The number of rotatable bonds is 7. The molecule has 0 bridgehead atoms. The molecule has 0 aromatic heterocycles. The number of piperazine rings is 1. The summed E-state index contributed by atoms with van der Waals surface area (Å²) in [5, 5.41) is 2.79. The third-order valence-corrected chi connectivity index (χ3v) is 8.50. The molecule has 204 valence electrons. The van der Waals surface area contributed by atoms with Crippen LogP contribution >= 0.6 is 11.8 Å². The fourth-order valence-corrected chi connectivity index (χ4v) is 6.20. The Balaban J connectivity index is 1.66. The van der Waals surface area contributed by atoms with E-state index in [4.69, 9.17) is 4.99 Å². The highest BCUT2D eigenvalue weighted by atomic mass is 32.2. The Morgan fingerprint density at radius 2 is 1.63 bits per heavy atom. The molecule has 4 rings (SSSR count). The van der Waals surface area contributed by atoms with E-state index in [9.17, 15) is 14.4 Å². The summed E-state index contributed by atoms with van der Waals surface area (Å²) in [5.41, 5.74) is 4.48. The Morgan fingerprint density at radius 1 is 1.03 bits per heavy atom. The van der Waals surface area contributed by atoms with E-state index in [2.05, 4.69) is 43.0 Å². The summed E-state index contributed by atoms with van der Waals surface area (Å²) in [6.45, 7) is 15.2. The Labute approximate surface area is 230 Å². The van der Waals surface area contributed by atoms with E-state index < -0.39 is 0 Å². The molecule has 9 heteroatoms. The molecule has 3 aliphatic rings. The van der Waals surface area contributed by atoms with Crippen LogP contribution in [0.15, 0.2) is 51.6 Å². The summed E-state index contributed by atoms with van der Waals surface area (Å²) >= 11 is 1.50. The van der Waals surface area contributed by atoms with E-state index in [1.54, 1.807) is 11.8 Å². The van der Waals surface area contributed by atoms with Crippen LogP contribution in [0.1, 0.15) is 71.0 Å². The number of fused-ring (bicyclic) bond motifs is 1. The number of amides is 3. The number of hydrogen-bond donors (Lipinski definition) is 0. The average Bonchev–Trinajstić information content (AvgIpc) is 3.30. The van der Waals surface area contributed by atoms with Gasteiger partial charge >= 0.3 is 0 Å². The third-order valence-electron chi connectivity index (χ3n) is 7.61. The summed E-state index contributed by atoms with van der Waals surface area (Å²) in [6, 6.07) is 8.11. The highest BCUT2D eigenvalue weighted by Crippen LogP contribution is 2.45. The Kier molecular flexibility index (Phi) is 8.65.